The van der Waals surface area contributed by atoms with Crippen molar-refractivity contribution in [1.82, 2.24) is 0 Å². The average molecular weight is 550 g/mol. The molecular formula is C27H26F3NO6S. The molecule has 3 aromatic rings. The summed E-state index contributed by atoms with van der Waals surface area (Å²) in [4.78, 5) is 10.5. The fraction of sp³-hybridized carbons (Fsp3) is 0.222. The van der Waals surface area contributed by atoms with Crippen LogP contribution >= 0.6 is 0 Å². The molecule has 0 heterocycles. The molecule has 11 heteroatoms. The van der Waals surface area contributed by atoms with Crippen molar-refractivity contribution in [3.05, 3.63) is 95.6 Å². The number of hydrogen-bond donors (Lipinski definition) is 3. The summed E-state index contributed by atoms with van der Waals surface area (Å²) >= 11 is 0. The topological polar surface area (TPSA) is 113 Å². The minimum atomic E-state index is -4.57. The van der Waals surface area contributed by atoms with Gasteiger partial charge in [-0.25, -0.2) is 8.42 Å². The number of rotatable bonds is 12. The molecule has 0 aromatic heterocycles. The fourth-order valence-electron chi connectivity index (χ4n) is 3.44. The van der Waals surface area contributed by atoms with Crippen molar-refractivity contribution >= 4 is 27.8 Å². The fourth-order valence-corrected chi connectivity index (χ4v) is 4.49. The summed E-state index contributed by atoms with van der Waals surface area (Å²) in [5, 5.41) is 19.2. The van der Waals surface area contributed by atoms with Crippen molar-refractivity contribution in [2.45, 2.75) is 36.4 Å². The summed E-state index contributed by atoms with van der Waals surface area (Å²) in [6.07, 6.45) is -1.76. The number of sulfonamides is 1. The van der Waals surface area contributed by atoms with Gasteiger partial charge < -0.3 is 14.9 Å². The van der Waals surface area contributed by atoms with Crippen molar-refractivity contribution < 1.29 is 41.3 Å². The zero-order valence-corrected chi connectivity index (χ0v) is 20.9. The van der Waals surface area contributed by atoms with Gasteiger partial charge in [-0.05, 0) is 60.0 Å². The number of ether oxygens (including phenoxy) is 1. The number of aliphatic hydroxyl groups excluding tert-OH is 1. The van der Waals surface area contributed by atoms with Crippen LogP contribution in [-0.2, 0) is 27.4 Å². The van der Waals surface area contributed by atoms with E-state index in [1.165, 1.54) is 18.2 Å². The van der Waals surface area contributed by atoms with Gasteiger partial charge in [-0.15, -0.1) is 0 Å². The van der Waals surface area contributed by atoms with Crippen LogP contribution in [0, 0.1) is 0 Å². The molecule has 3 rings (SSSR count). The molecule has 0 radical (unpaired) electrons. The zero-order valence-electron chi connectivity index (χ0n) is 20.1. The van der Waals surface area contributed by atoms with E-state index in [9.17, 15) is 31.5 Å². The number of carboxylic acids is 1. The summed E-state index contributed by atoms with van der Waals surface area (Å²) in [6, 6.07) is 16.5. The third kappa shape index (κ3) is 8.63. The van der Waals surface area contributed by atoms with Gasteiger partial charge in [0.25, 0.3) is 10.0 Å². The maximum Gasteiger partial charge on any atom is 0.416 e. The van der Waals surface area contributed by atoms with E-state index in [-0.39, 0.29) is 30.0 Å². The Morgan fingerprint density at radius 3 is 2.42 bits per heavy atom. The molecule has 3 aromatic carbocycles. The second-order valence-electron chi connectivity index (χ2n) is 8.32. The van der Waals surface area contributed by atoms with Gasteiger partial charge in [0.1, 0.15) is 5.75 Å². The molecular weight excluding hydrogens is 523 g/mol. The highest BCUT2D eigenvalue weighted by Crippen LogP contribution is 2.30. The Morgan fingerprint density at radius 1 is 1.03 bits per heavy atom. The molecule has 38 heavy (non-hydrogen) atoms. The van der Waals surface area contributed by atoms with E-state index >= 15 is 0 Å². The van der Waals surface area contributed by atoms with E-state index < -0.39 is 33.8 Å². The molecule has 0 bridgehead atoms. The molecule has 7 nitrogen and oxygen atoms in total. The molecule has 1 atom stereocenters. The largest absolute Gasteiger partial charge is 0.493 e. The Labute approximate surface area is 218 Å². The highest BCUT2D eigenvalue weighted by atomic mass is 32.2. The Bertz CT molecular complexity index is 1370. The minimum absolute atomic E-state index is 0.0225. The third-order valence-electron chi connectivity index (χ3n) is 5.39. The molecule has 0 saturated carbocycles. The second-order valence-corrected chi connectivity index (χ2v) is 10.0. The smallest absolute Gasteiger partial charge is 0.416 e. The minimum Gasteiger partial charge on any atom is -0.493 e. The van der Waals surface area contributed by atoms with Crippen molar-refractivity contribution in [2.75, 3.05) is 11.3 Å². The molecule has 0 unspecified atom stereocenters. The monoisotopic (exact) mass is 549 g/mol. The number of halogens is 3. The Balaban J connectivity index is 1.56. The lowest BCUT2D eigenvalue weighted by Gasteiger charge is -2.12. The van der Waals surface area contributed by atoms with E-state index in [1.54, 1.807) is 42.5 Å². The molecule has 0 spiro atoms. The van der Waals surface area contributed by atoms with Gasteiger partial charge >= 0.3 is 12.1 Å². The van der Waals surface area contributed by atoms with Crippen LogP contribution < -0.4 is 9.46 Å². The summed E-state index contributed by atoms with van der Waals surface area (Å²) < 4.78 is 71.4. The van der Waals surface area contributed by atoms with Crippen LogP contribution in [-0.4, -0.2) is 37.3 Å². The first-order chi connectivity index (χ1) is 17.9. The van der Waals surface area contributed by atoms with Gasteiger partial charge in [0, 0.05) is 18.5 Å². The number of alkyl halides is 3. The SMILES string of the molecule is O=C(O)CCc1ccccc1OCC[C@@H](O)/C=C/c1cccc(NS(=O)(=O)c2ccc(C(F)(F)F)cc2)c1. The summed E-state index contributed by atoms with van der Waals surface area (Å²) in [5.74, 6) is -0.352. The van der Waals surface area contributed by atoms with Crippen LogP contribution in [0.15, 0.2) is 83.8 Å². The molecule has 0 fully saturated rings. The highest BCUT2D eigenvalue weighted by Gasteiger charge is 2.30. The lowest BCUT2D eigenvalue weighted by molar-refractivity contribution is -0.138. The number of carbonyl (C=O) groups is 1. The van der Waals surface area contributed by atoms with Gasteiger partial charge in [0.15, 0.2) is 0 Å². The van der Waals surface area contributed by atoms with Gasteiger partial charge in [-0.1, -0.05) is 42.5 Å². The Morgan fingerprint density at radius 2 is 1.74 bits per heavy atom. The van der Waals surface area contributed by atoms with Crippen molar-refractivity contribution in [3.8, 4) is 5.75 Å². The van der Waals surface area contributed by atoms with Gasteiger partial charge in [0.05, 0.1) is 23.2 Å². The van der Waals surface area contributed by atoms with Gasteiger partial charge in [-0.2, -0.15) is 13.2 Å². The maximum atomic E-state index is 12.7. The third-order valence-corrected chi connectivity index (χ3v) is 6.79. The van der Waals surface area contributed by atoms with Crippen LogP contribution in [0.5, 0.6) is 5.75 Å². The molecule has 202 valence electrons. The molecule has 0 saturated heterocycles. The summed E-state index contributed by atoms with van der Waals surface area (Å²) in [5.41, 5.74) is 0.588. The zero-order chi connectivity index (χ0) is 27.8. The van der Waals surface area contributed by atoms with E-state index in [1.807, 2.05) is 0 Å². The lowest BCUT2D eigenvalue weighted by atomic mass is 10.1. The first kappa shape index (κ1) is 28.7. The molecule has 3 N–H and O–H groups in total. The van der Waals surface area contributed by atoms with Crippen molar-refractivity contribution in [2.24, 2.45) is 0 Å². The summed E-state index contributed by atoms with van der Waals surface area (Å²) in [7, 11) is -4.11. The Hall–Kier alpha value is -3.83. The average Bonchev–Trinajstić information content (AvgIpc) is 2.86. The first-order valence-electron chi connectivity index (χ1n) is 11.5. The van der Waals surface area contributed by atoms with Crippen LogP contribution in [0.2, 0.25) is 0 Å². The van der Waals surface area contributed by atoms with Crippen molar-refractivity contribution in [3.63, 3.8) is 0 Å². The normalized spacial score (nSPS) is 12.8. The predicted octanol–water partition coefficient (Wildman–Crippen LogP) is 5.37. The number of aryl methyl sites for hydroxylation is 1. The number of anilines is 1. The van der Waals surface area contributed by atoms with E-state index in [4.69, 9.17) is 9.84 Å². The first-order valence-corrected chi connectivity index (χ1v) is 13.0. The lowest BCUT2D eigenvalue weighted by Crippen LogP contribution is -2.13. The second kappa shape index (κ2) is 12.6. The molecule has 0 amide bonds. The Kier molecular flexibility index (Phi) is 9.54. The van der Waals surface area contributed by atoms with E-state index in [0.29, 0.717) is 29.9 Å². The number of aliphatic carboxylic acids is 1. The predicted molar refractivity (Wildman–Crippen MR) is 136 cm³/mol. The summed E-state index contributed by atoms with van der Waals surface area (Å²) in [6.45, 7) is 0.183. The number of hydrogen-bond acceptors (Lipinski definition) is 5. The highest BCUT2D eigenvalue weighted by molar-refractivity contribution is 7.92. The number of benzene rings is 3. The van der Waals surface area contributed by atoms with Gasteiger partial charge in [-0.3, -0.25) is 9.52 Å². The maximum absolute atomic E-state index is 12.7. The van der Waals surface area contributed by atoms with Crippen LogP contribution in [0.3, 0.4) is 0 Å². The van der Waals surface area contributed by atoms with Gasteiger partial charge in [0.2, 0.25) is 0 Å². The van der Waals surface area contributed by atoms with Crippen LogP contribution in [0.25, 0.3) is 6.08 Å². The number of para-hydroxylation sites is 1. The molecule has 0 aliphatic rings. The van der Waals surface area contributed by atoms with Crippen LogP contribution in [0.4, 0.5) is 18.9 Å². The number of aliphatic hydroxyl groups is 1. The van der Waals surface area contributed by atoms with E-state index in [2.05, 4.69) is 4.72 Å². The standard InChI is InChI=1S/C27H26F3NO6S/c28-27(29,30)21-10-13-24(14-11-21)38(35,36)31-22-6-3-4-19(18-22)8-12-23(32)16-17-37-25-7-2-1-5-20(25)9-15-26(33)34/h1-8,10-14,18,23,31-32H,9,15-17H2,(H,33,34)/b12-8+/t23-/m0/s1. The molecule has 0 aliphatic heterocycles. The molecule has 0 aliphatic carbocycles. The number of carboxylic acid groups (broad SMARTS) is 1. The quantitative estimate of drug-likeness (QED) is 0.280. The van der Waals surface area contributed by atoms with Crippen molar-refractivity contribution in [1.29, 1.82) is 0 Å². The number of nitrogens with one attached hydrogen (secondary N) is 1. The van der Waals surface area contributed by atoms with E-state index in [0.717, 1.165) is 17.7 Å². The van der Waals surface area contributed by atoms with Crippen LogP contribution in [0.1, 0.15) is 29.5 Å².